The molecule has 2 rings (SSSR count). The lowest BCUT2D eigenvalue weighted by Gasteiger charge is -2.41. The first-order chi connectivity index (χ1) is 9.67. The molecule has 1 saturated heterocycles. The molecule has 1 N–H and O–H groups in total. The molecule has 0 spiro atoms. The summed E-state index contributed by atoms with van der Waals surface area (Å²) in [4.78, 5) is 5.10. The lowest BCUT2D eigenvalue weighted by molar-refractivity contribution is 0.0699. The van der Waals surface area contributed by atoms with Crippen LogP contribution in [0.2, 0.25) is 0 Å². The third-order valence-electron chi connectivity index (χ3n) is 4.69. The summed E-state index contributed by atoms with van der Waals surface area (Å²) >= 11 is 0. The van der Waals surface area contributed by atoms with E-state index in [2.05, 4.69) is 36.6 Å². The van der Waals surface area contributed by atoms with E-state index in [-0.39, 0.29) is 0 Å². The maximum absolute atomic E-state index is 10.1. The van der Waals surface area contributed by atoms with Crippen molar-refractivity contribution in [1.82, 2.24) is 9.80 Å². The van der Waals surface area contributed by atoms with Crippen LogP contribution in [0.5, 0.6) is 5.75 Å². The van der Waals surface area contributed by atoms with E-state index in [1.807, 2.05) is 12.1 Å². The van der Waals surface area contributed by atoms with Gasteiger partial charge in [0.25, 0.3) is 0 Å². The van der Waals surface area contributed by atoms with Gasteiger partial charge in [-0.05, 0) is 25.8 Å². The summed E-state index contributed by atoms with van der Waals surface area (Å²) in [5.41, 5.74) is 1.08. The molecule has 1 aliphatic heterocycles. The van der Waals surface area contributed by atoms with Crippen LogP contribution >= 0.6 is 0 Å². The van der Waals surface area contributed by atoms with E-state index >= 15 is 0 Å². The normalized spacial score (nSPS) is 20.8. The summed E-state index contributed by atoms with van der Waals surface area (Å²) < 4.78 is 0. The molecule has 3 nitrogen and oxygen atoms in total. The molecule has 1 heterocycles. The van der Waals surface area contributed by atoms with Crippen molar-refractivity contribution in [2.75, 3.05) is 26.2 Å². The zero-order valence-corrected chi connectivity index (χ0v) is 13.0. The fraction of sp³-hybridized carbons (Fsp3) is 0.647. The van der Waals surface area contributed by atoms with E-state index in [1.54, 1.807) is 6.07 Å². The number of para-hydroxylation sites is 1. The molecule has 2 atom stereocenters. The standard InChI is InChI=1S/C17H28N2O/c1-4-14(3)18-10-12-19(13-11-18)16(5-2)15-8-6-7-9-17(15)20/h6-9,14,16,20H,4-5,10-13H2,1-3H3. The largest absolute Gasteiger partial charge is 0.508 e. The minimum atomic E-state index is 0.343. The van der Waals surface area contributed by atoms with Crippen molar-refractivity contribution in [3.63, 3.8) is 0 Å². The second-order valence-electron chi connectivity index (χ2n) is 5.81. The van der Waals surface area contributed by atoms with Crippen molar-refractivity contribution in [3.05, 3.63) is 29.8 Å². The highest BCUT2D eigenvalue weighted by molar-refractivity contribution is 5.34. The Kier molecular flexibility index (Phi) is 5.44. The number of piperazine rings is 1. The van der Waals surface area contributed by atoms with Gasteiger partial charge < -0.3 is 5.11 Å². The monoisotopic (exact) mass is 276 g/mol. The maximum atomic E-state index is 10.1. The zero-order chi connectivity index (χ0) is 14.5. The number of hydrogen-bond acceptors (Lipinski definition) is 3. The SMILES string of the molecule is CCC(C)N1CCN(C(CC)c2ccccc2O)CC1. The molecule has 1 aromatic carbocycles. The molecule has 3 heteroatoms. The molecule has 20 heavy (non-hydrogen) atoms. The summed E-state index contributed by atoms with van der Waals surface area (Å²) in [5.74, 6) is 0.434. The second-order valence-corrected chi connectivity index (χ2v) is 5.81. The Bertz CT molecular complexity index is 413. The van der Waals surface area contributed by atoms with Crippen molar-refractivity contribution in [2.24, 2.45) is 0 Å². The summed E-state index contributed by atoms with van der Waals surface area (Å²) in [6, 6.07) is 8.80. The predicted molar refractivity (Wildman–Crippen MR) is 84.0 cm³/mol. The van der Waals surface area contributed by atoms with Gasteiger partial charge in [-0.25, -0.2) is 0 Å². The van der Waals surface area contributed by atoms with Gasteiger partial charge in [-0.15, -0.1) is 0 Å². The van der Waals surface area contributed by atoms with Crippen LogP contribution in [-0.2, 0) is 0 Å². The molecule has 112 valence electrons. The Labute approximate surface area is 123 Å². The van der Waals surface area contributed by atoms with Gasteiger partial charge in [0.15, 0.2) is 0 Å². The van der Waals surface area contributed by atoms with Crippen LogP contribution in [0.15, 0.2) is 24.3 Å². The summed E-state index contributed by atoms with van der Waals surface area (Å²) in [7, 11) is 0. The zero-order valence-electron chi connectivity index (χ0n) is 13.0. The van der Waals surface area contributed by atoms with Gasteiger partial charge in [0.05, 0.1) is 0 Å². The smallest absolute Gasteiger partial charge is 0.120 e. The van der Waals surface area contributed by atoms with Crippen LogP contribution in [0.3, 0.4) is 0 Å². The minimum Gasteiger partial charge on any atom is -0.508 e. The fourth-order valence-corrected chi connectivity index (χ4v) is 3.19. The van der Waals surface area contributed by atoms with Crippen LogP contribution in [0, 0.1) is 0 Å². The van der Waals surface area contributed by atoms with Gasteiger partial charge in [0.2, 0.25) is 0 Å². The maximum Gasteiger partial charge on any atom is 0.120 e. The first kappa shape index (κ1) is 15.3. The molecular weight excluding hydrogens is 248 g/mol. The predicted octanol–water partition coefficient (Wildman–Crippen LogP) is 3.26. The first-order valence-corrected chi connectivity index (χ1v) is 7.93. The lowest BCUT2D eigenvalue weighted by Crippen LogP contribution is -2.50. The Morgan fingerprint density at radius 2 is 1.60 bits per heavy atom. The van der Waals surface area contributed by atoms with Gasteiger partial charge in [0, 0.05) is 43.8 Å². The Hall–Kier alpha value is -1.06. The van der Waals surface area contributed by atoms with E-state index in [0.29, 0.717) is 17.8 Å². The van der Waals surface area contributed by atoms with Crippen molar-refractivity contribution < 1.29 is 5.11 Å². The second kappa shape index (κ2) is 7.09. The van der Waals surface area contributed by atoms with Gasteiger partial charge in [-0.1, -0.05) is 32.0 Å². The number of benzene rings is 1. The Morgan fingerprint density at radius 3 is 2.15 bits per heavy atom. The highest BCUT2D eigenvalue weighted by Crippen LogP contribution is 2.31. The Morgan fingerprint density at radius 1 is 1.00 bits per heavy atom. The van der Waals surface area contributed by atoms with Crippen LogP contribution < -0.4 is 0 Å². The number of phenols is 1. The molecule has 0 saturated carbocycles. The number of rotatable bonds is 5. The third-order valence-corrected chi connectivity index (χ3v) is 4.69. The van der Waals surface area contributed by atoms with Gasteiger partial charge >= 0.3 is 0 Å². The molecule has 1 aliphatic rings. The third kappa shape index (κ3) is 3.33. The molecule has 1 aromatic rings. The Balaban J connectivity index is 2.03. The minimum absolute atomic E-state index is 0.343. The molecule has 2 unspecified atom stereocenters. The number of nitrogens with zero attached hydrogens (tertiary/aromatic N) is 2. The topological polar surface area (TPSA) is 26.7 Å². The van der Waals surface area contributed by atoms with Crippen molar-refractivity contribution in [2.45, 2.75) is 45.7 Å². The van der Waals surface area contributed by atoms with Gasteiger partial charge in [-0.3, -0.25) is 9.80 Å². The van der Waals surface area contributed by atoms with Crippen LogP contribution in [0.25, 0.3) is 0 Å². The highest BCUT2D eigenvalue weighted by atomic mass is 16.3. The first-order valence-electron chi connectivity index (χ1n) is 7.93. The quantitative estimate of drug-likeness (QED) is 0.894. The number of aromatic hydroxyl groups is 1. The summed E-state index contributed by atoms with van der Waals surface area (Å²) in [6.45, 7) is 11.2. The summed E-state index contributed by atoms with van der Waals surface area (Å²) in [5, 5.41) is 10.1. The van der Waals surface area contributed by atoms with Crippen molar-refractivity contribution >= 4 is 0 Å². The van der Waals surface area contributed by atoms with Crippen molar-refractivity contribution in [1.29, 1.82) is 0 Å². The van der Waals surface area contributed by atoms with Crippen molar-refractivity contribution in [3.8, 4) is 5.75 Å². The van der Waals surface area contributed by atoms with Gasteiger partial charge in [-0.2, -0.15) is 0 Å². The molecule has 0 radical (unpaired) electrons. The van der Waals surface area contributed by atoms with Crippen LogP contribution in [-0.4, -0.2) is 47.1 Å². The number of hydrogen-bond donors (Lipinski definition) is 1. The van der Waals surface area contributed by atoms with E-state index in [1.165, 1.54) is 6.42 Å². The summed E-state index contributed by atoms with van der Waals surface area (Å²) in [6.07, 6.45) is 2.26. The highest BCUT2D eigenvalue weighted by Gasteiger charge is 2.26. The molecule has 0 bridgehead atoms. The van der Waals surface area contributed by atoms with E-state index in [4.69, 9.17) is 0 Å². The molecule has 0 amide bonds. The van der Waals surface area contributed by atoms with E-state index in [0.717, 1.165) is 38.2 Å². The van der Waals surface area contributed by atoms with Gasteiger partial charge in [0.1, 0.15) is 5.75 Å². The lowest BCUT2D eigenvalue weighted by atomic mass is 10.0. The molecule has 0 aliphatic carbocycles. The van der Waals surface area contributed by atoms with Crippen LogP contribution in [0.1, 0.15) is 45.2 Å². The average molecular weight is 276 g/mol. The molecular formula is C17H28N2O. The van der Waals surface area contributed by atoms with Crippen LogP contribution in [0.4, 0.5) is 0 Å². The van der Waals surface area contributed by atoms with E-state index < -0.39 is 0 Å². The molecule has 0 aromatic heterocycles. The fourth-order valence-electron chi connectivity index (χ4n) is 3.19. The average Bonchev–Trinajstić information content (AvgIpc) is 2.50. The number of phenolic OH excluding ortho intramolecular Hbond substituents is 1. The van der Waals surface area contributed by atoms with E-state index in [9.17, 15) is 5.11 Å². The molecule has 1 fully saturated rings.